The van der Waals surface area contributed by atoms with E-state index in [1.165, 1.54) is 0 Å². The molecule has 1 saturated carbocycles. The maximum absolute atomic E-state index is 13.8. The predicted octanol–water partition coefficient (Wildman–Crippen LogP) is 1.19. The Kier molecular flexibility index (Phi) is 5.59. The maximum Gasteiger partial charge on any atom is 0.246 e. The van der Waals surface area contributed by atoms with Gasteiger partial charge in [-0.05, 0) is 43.9 Å². The standard InChI is InChI=1S/C17H23F2N3O3S/c1-12(13-2-3-13)20-17(23)11-21-6-8-22(9-7-21)26(24,25)16-10-14(18)4-5-15(16)19/h4-5,10,12-13H,2-3,6-9,11H2,1H3,(H,20,23)/t12-/m1/s1. The number of hydrogen-bond donors (Lipinski definition) is 1. The molecule has 1 amide bonds. The lowest BCUT2D eigenvalue weighted by Gasteiger charge is -2.33. The summed E-state index contributed by atoms with van der Waals surface area (Å²) in [5.41, 5.74) is 0. The molecule has 144 valence electrons. The van der Waals surface area contributed by atoms with Gasteiger partial charge in [0.05, 0.1) is 6.54 Å². The number of rotatable bonds is 6. The molecule has 9 heteroatoms. The number of piperazine rings is 1. The molecule has 1 aliphatic carbocycles. The van der Waals surface area contributed by atoms with Crippen molar-refractivity contribution in [1.82, 2.24) is 14.5 Å². The van der Waals surface area contributed by atoms with Crippen LogP contribution in [-0.4, -0.2) is 62.3 Å². The summed E-state index contributed by atoms with van der Waals surface area (Å²) < 4.78 is 53.3. The number of carbonyl (C=O) groups is 1. The Morgan fingerprint density at radius 2 is 1.88 bits per heavy atom. The van der Waals surface area contributed by atoms with E-state index in [9.17, 15) is 22.0 Å². The summed E-state index contributed by atoms with van der Waals surface area (Å²) in [5.74, 6) is -1.27. The molecular weight excluding hydrogens is 364 g/mol. The molecule has 26 heavy (non-hydrogen) atoms. The zero-order valence-electron chi connectivity index (χ0n) is 14.6. The van der Waals surface area contributed by atoms with E-state index < -0.39 is 26.6 Å². The van der Waals surface area contributed by atoms with Crippen molar-refractivity contribution < 1.29 is 22.0 Å². The second kappa shape index (κ2) is 7.58. The van der Waals surface area contributed by atoms with Gasteiger partial charge in [0.2, 0.25) is 15.9 Å². The number of nitrogens with one attached hydrogen (secondary N) is 1. The van der Waals surface area contributed by atoms with E-state index in [4.69, 9.17) is 0 Å². The quantitative estimate of drug-likeness (QED) is 0.796. The molecule has 0 bridgehead atoms. The van der Waals surface area contributed by atoms with E-state index in [1.54, 1.807) is 0 Å². The summed E-state index contributed by atoms with van der Waals surface area (Å²) in [7, 11) is -4.10. The van der Waals surface area contributed by atoms with Crippen LogP contribution in [0.4, 0.5) is 8.78 Å². The van der Waals surface area contributed by atoms with Crippen LogP contribution in [0.25, 0.3) is 0 Å². The van der Waals surface area contributed by atoms with Crippen molar-refractivity contribution in [2.24, 2.45) is 5.92 Å². The van der Waals surface area contributed by atoms with Crippen LogP contribution in [0.3, 0.4) is 0 Å². The van der Waals surface area contributed by atoms with Gasteiger partial charge < -0.3 is 5.32 Å². The van der Waals surface area contributed by atoms with Gasteiger partial charge in [0.1, 0.15) is 16.5 Å². The summed E-state index contributed by atoms with van der Waals surface area (Å²) in [6.45, 7) is 3.18. The van der Waals surface area contributed by atoms with E-state index in [-0.39, 0.29) is 31.6 Å². The van der Waals surface area contributed by atoms with Crippen LogP contribution in [0.15, 0.2) is 23.1 Å². The average molecular weight is 387 g/mol. The molecule has 1 heterocycles. The molecule has 0 unspecified atom stereocenters. The smallest absolute Gasteiger partial charge is 0.246 e. The third kappa shape index (κ3) is 4.39. The number of nitrogens with zero attached hydrogens (tertiary/aromatic N) is 2. The van der Waals surface area contributed by atoms with E-state index in [2.05, 4.69) is 5.32 Å². The lowest BCUT2D eigenvalue weighted by Crippen LogP contribution is -2.51. The lowest BCUT2D eigenvalue weighted by molar-refractivity contribution is -0.123. The Balaban J connectivity index is 1.55. The van der Waals surface area contributed by atoms with Crippen LogP contribution in [-0.2, 0) is 14.8 Å². The Bertz CT molecular complexity index is 775. The van der Waals surface area contributed by atoms with Crippen molar-refractivity contribution in [2.45, 2.75) is 30.7 Å². The van der Waals surface area contributed by atoms with Crippen LogP contribution < -0.4 is 5.32 Å². The Hall–Kier alpha value is -1.58. The first-order valence-corrected chi connectivity index (χ1v) is 10.2. The van der Waals surface area contributed by atoms with Crippen LogP contribution in [0, 0.1) is 17.6 Å². The minimum absolute atomic E-state index is 0.0723. The highest BCUT2D eigenvalue weighted by Crippen LogP contribution is 2.32. The molecule has 1 aromatic carbocycles. The number of sulfonamides is 1. The number of halogens is 2. The predicted molar refractivity (Wildman–Crippen MR) is 91.9 cm³/mol. The summed E-state index contributed by atoms with van der Waals surface area (Å²) in [6, 6.07) is 2.56. The van der Waals surface area contributed by atoms with Crippen molar-refractivity contribution in [2.75, 3.05) is 32.7 Å². The Morgan fingerprint density at radius 3 is 2.50 bits per heavy atom. The number of carbonyl (C=O) groups excluding carboxylic acids is 1. The number of amides is 1. The highest BCUT2D eigenvalue weighted by Gasteiger charge is 2.32. The lowest BCUT2D eigenvalue weighted by atomic mass is 10.2. The van der Waals surface area contributed by atoms with Crippen LogP contribution in [0.2, 0.25) is 0 Å². The van der Waals surface area contributed by atoms with Crippen LogP contribution in [0.1, 0.15) is 19.8 Å². The van der Waals surface area contributed by atoms with Crippen molar-refractivity contribution >= 4 is 15.9 Å². The first-order chi connectivity index (χ1) is 12.3. The number of benzene rings is 1. The minimum Gasteiger partial charge on any atom is -0.352 e. The molecule has 1 atom stereocenters. The van der Waals surface area contributed by atoms with Gasteiger partial charge in [-0.25, -0.2) is 17.2 Å². The molecule has 1 aromatic rings. The van der Waals surface area contributed by atoms with Gasteiger partial charge in [-0.15, -0.1) is 0 Å². The monoisotopic (exact) mass is 387 g/mol. The van der Waals surface area contributed by atoms with Gasteiger partial charge in [0, 0.05) is 32.2 Å². The molecule has 1 aliphatic heterocycles. The first-order valence-electron chi connectivity index (χ1n) is 8.74. The summed E-state index contributed by atoms with van der Waals surface area (Å²) in [4.78, 5) is 13.3. The molecule has 2 aliphatic rings. The van der Waals surface area contributed by atoms with Crippen molar-refractivity contribution in [3.8, 4) is 0 Å². The van der Waals surface area contributed by atoms with E-state index in [1.807, 2.05) is 11.8 Å². The van der Waals surface area contributed by atoms with Gasteiger partial charge >= 0.3 is 0 Å². The SMILES string of the molecule is C[C@@H](NC(=O)CN1CCN(S(=O)(=O)c2cc(F)ccc2F)CC1)C1CC1. The average Bonchev–Trinajstić information content (AvgIpc) is 3.42. The third-order valence-electron chi connectivity index (χ3n) is 4.93. The highest BCUT2D eigenvalue weighted by atomic mass is 32.2. The van der Waals surface area contributed by atoms with Gasteiger partial charge in [0.15, 0.2) is 0 Å². The van der Waals surface area contributed by atoms with Gasteiger partial charge in [-0.1, -0.05) is 0 Å². The zero-order chi connectivity index (χ0) is 18.9. The van der Waals surface area contributed by atoms with Crippen molar-refractivity contribution in [3.63, 3.8) is 0 Å². The van der Waals surface area contributed by atoms with Crippen molar-refractivity contribution in [1.29, 1.82) is 0 Å². The fourth-order valence-corrected chi connectivity index (χ4v) is 4.66. The van der Waals surface area contributed by atoms with Gasteiger partial charge in [-0.2, -0.15) is 4.31 Å². The molecule has 2 fully saturated rings. The normalized spacial score (nSPS) is 20.7. The fraction of sp³-hybridized carbons (Fsp3) is 0.588. The fourth-order valence-electron chi connectivity index (χ4n) is 3.16. The first kappa shape index (κ1) is 19.2. The second-order valence-corrected chi connectivity index (χ2v) is 8.85. The molecule has 1 saturated heterocycles. The topological polar surface area (TPSA) is 69.7 Å². The molecular formula is C17H23F2N3O3S. The largest absolute Gasteiger partial charge is 0.352 e. The Morgan fingerprint density at radius 1 is 1.23 bits per heavy atom. The highest BCUT2D eigenvalue weighted by molar-refractivity contribution is 7.89. The number of hydrogen-bond acceptors (Lipinski definition) is 4. The molecule has 6 nitrogen and oxygen atoms in total. The van der Waals surface area contributed by atoms with Crippen LogP contribution in [0.5, 0.6) is 0 Å². The minimum atomic E-state index is -4.10. The van der Waals surface area contributed by atoms with Gasteiger partial charge in [-0.3, -0.25) is 9.69 Å². The van der Waals surface area contributed by atoms with E-state index in [0.717, 1.165) is 29.3 Å². The molecule has 0 radical (unpaired) electrons. The molecule has 3 rings (SSSR count). The molecule has 1 N–H and O–H groups in total. The van der Waals surface area contributed by atoms with E-state index in [0.29, 0.717) is 25.1 Å². The molecule has 0 aromatic heterocycles. The van der Waals surface area contributed by atoms with Crippen LogP contribution >= 0.6 is 0 Å². The summed E-state index contributed by atoms with van der Waals surface area (Å²) in [5, 5.41) is 2.97. The zero-order valence-corrected chi connectivity index (χ0v) is 15.4. The summed E-state index contributed by atoms with van der Waals surface area (Å²) >= 11 is 0. The summed E-state index contributed by atoms with van der Waals surface area (Å²) in [6.07, 6.45) is 2.29. The van der Waals surface area contributed by atoms with Gasteiger partial charge in [0.25, 0.3) is 0 Å². The third-order valence-corrected chi connectivity index (χ3v) is 6.84. The Labute approximate surface area is 152 Å². The maximum atomic E-state index is 13.8. The van der Waals surface area contributed by atoms with E-state index >= 15 is 0 Å². The molecule has 0 spiro atoms. The second-order valence-electron chi connectivity index (χ2n) is 6.95. The van der Waals surface area contributed by atoms with Crippen molar-refractivity contribution in [3.05, 3.63) is 29.8 Å².